The largest absolute Gasteiger partial charge is 0.360 e. The summed E-state index contributed by atoms with van der Waals surface area (Å²) in [7, 11) is 0. The smallest absolute Gasteiger partial charge is 0.152 e. The van der Waals surface area contributed by atoms with E-state index in [1.165, 1.54) is 15.0 Å². The van der Waals surface area contributed by atoms with Crippen LogP contribution in [0.15, 0.2) is 54.7 Å². The number of carbonyl (C=O) groups is 1. The average Bonchev–Trinajstić information content (AvgIpc) is 3.10. The van der Waals surface area contributed by atoms with Gasteiger partial charge in [-0.15, -0.1) is 11.3 Å². The molecular formula is C17H11NOS. The molecule has 96 valence electrons. The number of aromatic nitrogens is 1. The number of carbonyl (C=O) groups excluding carboxylic acids is 1. The van der Waals surface area contributed by atoms with Gasteiger partial charge in [-0.3, -0.25) is 4.79 Å². The SMILES string of the molecule is O=Cc1c[nH]c2ccc(-c3cc4ccccc4s3)cc12. The normalized spacial score (nSPS) is 11.2. The first-order chi connectivity index (χ1) is 9.85. The van der Waals surface area contributed by atoms with Crippen molar-refractivity contribution in [3.63, 3.8) is 0 Å². The Morgan fingerprint density at radius 3 is 2.80 bits per heavy atom. The van der Waals surface area contributed by atoms with E-state index in [1.54, 1.807) is 17.5 Å². The summed E-state index contributed by atoms with van der Waals surface area (Å²) < 4.78 is 1.28. The van der Waals surface area contributed by atoms with Crippen molar-refractivity contribution >= 4 is 38.6 Å². The van der Waals surface area contributed by atoms with Gasteiger partial charge in [-0.05, 0) is 35.2 Å². The van der Waals surface area contributed by atoms with Gasteiger partial charge < -0.3 is 4.98 Å². The number of benzene rings is 2. The maximum atomic E-state index is 11.1. The van der Waals surface area contributed by atoms with Gasteiger partial charge in [-0.25, -0.2) is 0 Å². The molecule has 0 radical (unpaired) electrons. The fourth-order valence-corrected chi connectivity index (χ4v) is 3.58. The molecule has 2 heterocycles. The van der Waals surface area contributed by atoms with Crippen LogP contribution in [0.25, 0.3) is 31.4 Å². The fourth-order valence-electron chi connectivity index (χ4n) is 2.52. The summed E-state index contributed by atoms with van der Waals surface area (Å²) in [6.07, 6.45) is 2.65. The number of H-pyrrole nitrogens is 1. The van der Waals surface area contributed by atoms with Crippen LogP contribution in [0.1, 0.15) is 10.4 Å². The van der Waals surface area contributed by atoms with Crippen molar-refractivity contribution < 1.29 is 4.79 Å². The monoisotopic (exact) mass is 277 g/mol. The van der Waals surface area contributed by atoms with Crippen LogP contribution in [-0.2, 0) is 0 Å². The average molecular weight is 277 g/mol. The summed E-state index contributed by atoms with van der Waals surface area (Å²) >= 11 is 1.78. The van der Waals surface area contributed by atoms with Crippen molar-refractivity contribution in [3.8, 4) is 10.4 Å². The van der Waals surface area contributed by atoms with Crippen LogP contribution >= 0.6 is 11.3 Å². The van der Waals surface area contributed by atoms with Gasteiger partial charge in [0, 0.05) is 32.2 Å². The molecule has 0 aliphatic heterocycles. The van der Waals surface area contributed by atoms with E-state index in [0.29, 0.717) is 5.56 Å². The standard InChI is InChI=1S/C17H11NOS/c19-10-13-9-18-15-6-5-12(7-14(13)15)17-8-11-3-1-2-4-16(11)20-17/h1-10,18H. The summed E-state index contributed by atoms with van der Waals surface area (Å²) in [5.74, 6) is 0. The number of thiophene rings is 1. The van der Waals surface area contributed by atoms with E-state index >= 15 is 0 Å². The third-order valence-corrected chi connectivity index (χ3v) is 4.72. The number of fused-ring (bicyclic) bond motifs is 2. The van der Waals surface area contributed by atoms with E-state index < -0.39 is 0 Å². The fraction of sp³-hybridized carbons (Fsp3) is 0. The second-order valence-electron chi connectivity index (χ2n) is 4.77. The Kier molecular flexibility index (Phi) is 2.47. The van der Waals surface area contributed by atoms with E-state index in [9.17, 15) is 4.79 Å². The minimum Gasteiger partial charge on any atom is -0.360 e. The third-order valence-electron chi connectivity index (χ3n) is 3.55. The van der Waals surface area contributed by atoms with Crippen LogP contribution in [0.4, 0.5) is 0 Å². The summed E-state index contributed by atoms with van der Waals surface area (Å²) in [4.78, 5) is 15.4. The summed E-state index contributed by atoms with van der Waals surface area (Å²) in [5.41, 5.74) is 2.86. The van der Waals surface area contributed by atoms with E-state index in [0.717, 1.165) is 22.8 Å². The van der Waals surface area contributed by atoms with Gasteiger partial charge in [-0.1, -0.05) is 24.3 Å². The first-order valence-electron chi connectivity index (χ1n) is 6.40. The quantitative estimate of drug-likeness (QED) is 0.521. The van der Waals surface area contributed by atoms with Gasteiger partial charge in [0.05, 0.1) is 0 Å². The molecule has 0 unspecified atom stereocenters. The van der Waals surface area contributed by atoms with Crippen molar-refractivity contribution in [2.24, 2.45) is 0 Å². The molecule has 20 heavy (non-hydrogen) atoms. The van der Waals surface area contributed by atoms with Gasteiger partial charge in [0.1, 0.15) is 0 Å². The number of nitrogens with one attached hydrogen (secondary N) is 1. The van der Waals surface area contributed by atoms with E-state index in [-0.39, 0.29) is 0 Å². The Morgan fingerprint density at radius 1 is 1.05 bits per heavy atom. The molecule has 0 saturated heterocycles. The van der Waals surface area contributed by atoms with Crippen molar-refractivity contribution in [2.45, 2.75) is 0 Å². The van der Waals surface area contributed by atoms with E-state index in [1.807, 2.05) is 6.07 Å². The Balaban J connectivity index is 1.94. The van der Waals surface area contributed by atoms with Crippen LogP contribution in [-0.4, -0.2) is 11.3 Å². The lowest BCUT2D eigenvalue weighted by Crippen LogP contribution is -1.77. The van der Waals surface area contributed by atoms with Gasteiger partial charge in [0.2, 0.25) is 0 Å². The lowest BCUT2D eigenvalue weighted by atomic mass is 10.1. The number of aldehydes is 1. The predicted octanol–water partition coefficient (Wildman–Crippen LogP) is 4.86. The zero-order valence-corrected chi connectivity index (χ0v) is 11.4. The summed E-state index contributed by atoms with van der Waals surface area (Å²) in [6.45, 7) is 0. The number of rotatable bonds is 2. The Labute approximate surface area is 119 Å². The summed E-state index contributed by atoms with van der Waals surface area (Å²) in [5, 5.41) is 2.24. The lowest BCUT2D eigenvalue weighted by Gasteiger charge is -1.98. The van der Waals surface area contributed by atoms with E-state index in [4.69, 9.17) is 0 Å². The molecule has 2 nitrogen and oxygen atoms in total. The number of hydrogen-bond acceptors (Lipinski definition) is 2. The molecule has 0 saturated carbocycles. The van der Waals surface area contributed by atoms with Crippen LogP contribution in [0.5, 0.6) is 0 Å². The van der Waals surface area contributed by atoms with Crippen LogP contribution in [0, 0.1) is 0 Å². The molecule has 2 aromatic heterocycles. The zero-order chi connectivity index (χ0) is 13.5. The zero-order valence-electron chi connectivity index (χ0n) is 10.6. The Bertz CT molecular complexity index is 899. The Hall–Kier alpha value is -2.39. The van der Waals surface area contributed by atoms with Crippen LogP contribution < -0.4 is 0 Å². The van der Waals surface area contributed by atoms with Crippen LogP contribution in [0.2, 0.25) is 0 Å². The molecule has 4 rings (SSSR count). The highest BCUT2D eigenvalue weighted by molar-refractivity contribution is 7.22. The lowest BCUT2D eigenvalue weighted by molar-refractivity contribution is 0.112. The first-order valence-corrected chi connectivity index (χ1v) is 7.22. The molecule has 4 aromatic rings. The minimum atomic E-state index is 0.711. The molecular weight excluding hydrogens is 266 g/mol. The van der Waals surface area contributed by atoms with Gasteiger partial charge in [0.15, 0.2) is 6.29 Å². The van der Waals surface area contributed by atoms with Gasteiger partial charge in [0.25, 0.3) is 0 Å². The first kappa shape index (κ1) is 11.4. The minimum absolute atomic E-state index is 0.711. The van der Waals surface area contributed by atoms with E-state index in [2.05, 4.69) is 47.4 Å². The molecule has 0 bridgehead atoms. The number of hydrogen-bond donors (Lipinski definition) is 1. The molecule has 0 atom stereocenters. The molecule has 0 fully saturated rings. The molecule has 0 amide bonds. The van der Waals surface area contributed by atoms with Crippen molar-refractivity contribution in [1.82, 2.24) is 4.98 Å². The predicted molar refractivity (Wildman–Crippen MR) is 84.5 cm³/mol. The topological polar surface area (TPSA) is 32.9 Å². The van der Waals surface area contributed by atoms with Crippen molar-refractivity contribution in [1.29, 1.82) is 0 Å². The molecule has 0 spiro atoms. The van der Waals surface area contributed by atoms with Crippen molar-refractivity contribution in [3.05, 3.63) is 60.3 Å². The molecule has 1 N–H and O–H groups in total. The summed E-state index contributed by atoms with van der Waals surface area (Å²) in [6, 6.07) is 16.8. The second kappa shape index (κ2) is 4.32. The molecule has 3 heteroatoms. The van der Waals surface area contributed by atoms with Crippen molar-refractivity contribution in [2.75, 3.05) is 0 Å². The van der Waals surface area contributed by atoms with Crippen LogP contribution in [0.3, 0.4) is 0 Å². The second-order valence-corrected chi connectivity index (χ2v) is 5.85. The van der Waals surface area contributed by atoms with Gasteiger partial charge >= 0.3 is 0 Å². The third kappa shape index (κ3) is 1.67. The Morgan fingerprint density at radius 2 is 1.95 bits per heavy atom. The number of aromatic amines is 1. The highest BCUT2D eigenvalue weighted by Gasteiger charge is 2.07. The molecule has 2 aromatic carbocycles. The molecule has 0 aliphatic carbocycles. The maximum absolute atomic E-state index is 11.1. The molecule has 0 aliphatic rings. The van der Waals surface area contributed by atoms with Gasteiger partial charge in [-0.2, -0.15) is 0 Å². The highest BCUT2D eigenvalue weighted by Crippen LogP contribution is 2.34. The maximum Gasteiger partial charge on any atom is 0.152 e. The highest BCUT2D eigenvalue weighted by atomic mass is 32.1.